The molecule has 6 unspecified atom stereocenters. The fraction of sp³-hybridized carbons (Fsp3) is 0.526. The molecule has 3 aromatic rings. The van der Waals surface area contributed by atoms with Crippen LogP contribution in [0.4, 0.5) is 44.6 Å². The largest absolute Gasteiger partial charge is 0.479 e. The summed E-state index contributed by atoms with van der Waals surface area (Å²) >= 11 is 0. The number of nitrogens with two attached hydrogens (primary N) is 4. The molecule has 476 valence electrons. The van der Waals surface area contributed by atoms with Crippen molar-refractivity contribution < 1.29 is 91.0 Å². The maximum Gasteiger partial charge on any atom is 0.412 e. The Morgan fingerprint density at radius 1 is 0.447 bits per heavy atom. The van der Waals surface area contributed by atoms with Gasteiger partial charge < -0.3 is 68.2 Å². The number of aliphatic hydroxyl groups is 3. The van der Waals surface area contributed by atoms with Crippen molar-refractivity contribution in [1.82, 2.24) is 10.6 Å². The number of carbonyl (C=O) groups excluding carboxylic acids is 8. The first-order chi connectivity index (χ1) is 40.0. The molecule has 0 fully saturated rings. The normalized spacial score (nSPS) is 13.8. The Balaban J connectivity index is 0.00000116. The summed E-state index contributed by atoms with van der Waals surface area (Å²) in [5.74, 6) is -4.08. The molecule has 0 bridgehead atoms. The number of aliphatic hydroxyl groups excluding tert-OH is 3. The van der Waals surface area contributed by atoms with E-state index in [0.29, 0.717) is 17.1 Å². The third-order valence-electron chi connectivity index (χ3n) is 11.4. The number of amides is 8. The van der Waals surface area contributed by atoms with Gasteiger partial charge in [0.15, 0.2) is 12.2 Å². The number of halogens is 3. The molecule has 0 radical (unpaired) electrons. The smallest absolute Gasteiger partial charge is 0.412 e. The summed E-state index contributed by atoms with van der Waals surface area (Å²) in [5.41, 5.74) is 21.8. The number of primary amides is 3. The molecule has 25 nitrogen and oxygen atoms in total. The number of para-hydroxylation sites is 3. The SMILES string of the molecule is CC(C)C[C@H](OC(=O)Nc1ccccc1)C(=O)NC(CCC(N)=O)C(O)CF.CC(C)C[C@H](OC(=O)Nc1ccccc1)C(=O)NC(CCC(N)=O)C(O)CF.CC(C)C[C@H](OC(=O)Nc1ccccc1)C(=O)O.NC(=O)CCC(N)C(O)CF. The van der Waals surface area contributed by atoms with Crippen molar-refractivity contribution in [2.75, 3.05) is 36.0 Å². The van der Waals surface area contributed by atoms with E-state index in [1.807, 2.05) is 47.6 Å². The fourth-order valence-electron chi connectivity index (χ4n) is 6.99. The van der Waals surface area contributed by atoms with E-state index in [1.165, 1.54) is 0 Å². The number of anilines is 3. The van der Waals surface area contributed by atoms with Gasteiger partial charge in [0.25, 0.3) is 11.8 Å². The molecule has 0 spiro atoms. The van der Waals surface area contributed by atoms with Crippen LogP contribution in [0.25, 0.3) is 0 Å². The number of carbonyl (C=O) groups is 9. The third-order valence-corrected chi connectivity index (χ3v) is 11.4. The maximum absolute atomic E-state index is 12.9. The summed E-state index contributed by atoms with van der Waals surface area (Å²) in [6.07, 6.45) is -9.26. The zero-order valence-electron chi connectivity index (χ0n) is 48.7. The molecule has 28 heteroatoms. The molecule has 0 aromatic heterocycles. The minimum atomic E-state index is -1.50. The highest BCUT2D eigenvalue weighted by Crippen LogP contribution is 2.17. The van der Waals surface area contributed by atoms with Gasteiger partial charge >= 0.3 is 24.2 Å². The van der Waals surface area contributed by atoms with Crippen LogP contribution in [0.1, 0.15) is 99.3 Å². The summed E-state index contributed by atoms with van der Waals surface area (Å²) in [6, 6.07) is 23.1. The van der Waals surface area contributed by atoms with Crippen molar-refractivity contribution in [3.8, 4) is 0 Å². The molecule has 9 atom stereocenters. The standard InChI is InChI=1S/2C19H28FN3O5.C13H17NO4.C6H13FN2O2/c2*1-12(2)10-16(28-19(27)22-13-6-4-3-5-7-13)18(26)23-14(15(24)11-20)8-9-17(21)25;1-9(2)8-11(12(15)16)18-13(17)14-10-6-4-3-5-7-10;7-3-5(10)4(8)1-2-6(9)11/h2*3-7,12,14-16,24H,8-11H2,1-2H3,(H2,21,25)(H,22,27)(H,23,26);3-7,9,11H,8H2,1-2H3,(H,14,17)(H,15,16);4-5,10H,1-3,8H2,(H2,9,11)/t2*14?,15?,16-;11-;/m000./s1. The van der Waals surface area contributed by atoms with E-state index in [4.69, 9.17) is 47.4 Å². The molecule has 0 heterocycles. The Morgan fingerprint density at radius 3 is 0.976 bits per heavy atom. The van der Waals surface area contributed by atoms with Crippen molar-refractivity contribution in [1.29, 1.82) is 0 Å². The van der Waals surface area contributed by atoms with E-state index >= 15 is 0 Å². The Labute approximate surface area is 492 Å². The van der Waals surface area contributed by atoms with Crippen LogP contribution in [-0.2, 0) is 43.0 Å². The van der Waals surface area contributed by atoms with Crippen LogP contribution in [0.3, 0.4) is 0 Å². The lowest BCUT2D eigenvalue weighted by Gasteiger charge is -2.25. The number of alkyl halides is 3. The van der Waals surface area contributed by atoms with Crippen LogP contribution in [0.15, 0.2) is 91.0 Å². The van der Waals surface area contributed by atoms with Crippen molar-refractivity contribution in [2.45, 2.75) is 154 Å². The van der Waals surface area contributed by atoms with Crippen LogP contribution >= 0.6 is 0 Å². The lowest BCUT2D eigenvalue weighted by atomic mass is 10.0. The molecular formula is C57H86F3N9O16. The van der Waals surface area contributed by atoms with E-state index in [1.54, 1.807) is 84.9 Å². The van der Waals surface area contributed by atoms with Gasteiger partial charge in [-0.25, -0.2) is 32.3 Å². The van der Waals surface area contributed by atoms with Crippen molar-refractivity contribution in [2.24, 2.45) is 40.7 Å². The molecule has 0 aliphatic rings. The summed E-state index contributed by atoms with van der Waals surface area (Å²) in [5, 5.41) is 49.7. The number of benzene rings is 3. The third kappa shape index (κ3) is 37.7. The van der Waals surface area contributed by atoms with Gasteiger partial charge in [0.05, 0.1) is 18.2 Å². The van der Waals surface area contributed by atoms with Gasteiger partial charge in [0, 0.05) is 42.4 Å². The van der Waals surface area contributed by atoms with Crippen LogP contribution in [-0.4, -0.2) is 149 Å². The van der Waals surface area contributed by atoms with Crippen LogP contribution in [0.2, 0.25) is 0 Å². The number of carboxylic acids is 1. The van der Waals surface area contributed by atoms with Crippen molar-refractivity contribution >= 4 is 70.8 Å². The first-order valence-corrected chi connectivity index (χ1v) is 27.3. The summed E-state index contributed by atoms with van der Waals surface area (Å²) in [6.45, 7) is 8.03. The molecular weight excluding hydrogens is 1120 g/mol. The summed E-state index contributed by atoms with van der Waals surface area (Å²) in [4.78, 5) is 104. The average molecular weight is 1210 g/mol. The van der Waals surface area contributed by atoms with Crippen molar-refractivity contribution in [3.05, 3.63) is 91.0 Å². The second-order valence-corrected chi connectivity index (χ2v) is 20.5. The topological polar surface area (TPSA) is 426 Å². The molecule has 3 aromatic carbocycles. The van der Waals surface area contributed by atoms with Crippen molar-refractivity contribution in [3.63, 3.8) is 0 Å². The minimum Gasteiger partial charge on any atom is -0.479 e. The number of carboxylic acid groups (broad SMARTS) is 1. The zero-order chi connectivity index (χ0) is 64.6. The molecule has 17 N–H and O–H groups in total. The van der Waals surface area contributed by atoms with E-state index in [9.17, 15) is 66.5 Å². The Bertz CT molecular complexity index is 2330. The summed E-state index contributed by atoms with van der Waals surface area (Å²) < 4.78 is 52.8. The number of rotatable bonds is 32. The Morgan fingerprint density at radius 2 is 0.718 bits per heavy atom. The second-order valence-electron chi connectivity index (χ2n) is 20.5. The Hall–Kier alpha value is -8.08. The average Bonchev–Trinajstić information content (AvgIpc) is 3.50. The molecule has 0 saturated carbocycles. The summed E-state index contributed by atoms with van der Waals surface area (Å²) in [7, 11) is 0. The highest BCUT2D eigenvalue weighted by Gasteiger charge is 2.31. The fourth-order valence-corrected chi connectivity index (χ4v) is 6.99. The minimum absolute atomic E-state index is 0.0236. The number of nitrogens with one attached hydrogen (secondary N) is 5. The van der Waals surface area contributed by atoms with E-state index in [2.05, 4.69) is 26.6 Å². The van der Waals surface area contributed by atoms with Gasteiger partial charge in [0.1, 0.15) is 32.2 Å². The monoisotopic (exact) mass is 1210 g/mol. The van der Waals surface area contributed by atoms with Gasteiger partial charge in [-0.1, -0.05) is 96.1 Å². The first-order valence-electron chi connectivity index (χ1n) is 27.3. The number of hydrogen-bond acceptors (Lipinski definition) is 16. The van der Waals surface area contributed by atoms with Gasteiger partial charge in [-0.2, -0.15) is 0 Å². The quantitative estimate of drug-likeness (QED) is 0.0361. The molecule has 8 amide bonds. The number of hydrogen-bond donors (Lipinski definition) is 13. The molecule has 0 saturated heterocycles. The molecule has 85 heavy (non-hydrogen) atoms. The Kier molecular flexibility index (Phi) is 39.4. The van der Waals surface area contributed by atoms with Crippen LogP contribution in [0, 0.1) is 17.8 Å². The lowest BCUT2D eigenvalue weighted by molar-refractivity contribution is -0.147. The second kappa shape index (κ2) is 43.5. The van der Waals surface area contributed by atoms with Gasteiger partial charge in [-0.15, -0.1) is 0 Å². The predicted molar refractivity (Wildman–Crippen MR) is 310 cm³/mol. The maximum atomic E-state index is 12.9. The zero-order valence-corrected chi connectivity index (χ0v) is 48.7. The highest BCUT2D eigenvalue weighted by atomic mass is 19.1. The molecule has 0 aliphatic carbocycles. The lowest BCUT2D eigenvalue weighted by Crippen LogP contribution is -2.49. The van der Waals surface area contributed by atoms with Crippen LogP contribution in [0.5, 0.6) is 0 Å². The van der Waals surface area contributed by atoms with Gasteiger partial charge in [-0.3, -0.25) is 39.9 Å². The molecule has 3 rings (SSSR count). The van der Waals surface area contributed by atoms with Crippen LogP contribution < -0.4 is 49.5 Å². The van der Waals surface area contributed by atoms with E-state index in [-0.39, 0.29) is 75.5 Å². The number of ether oxygens (including phenoxy) is 3. The van der Waals surface area contributed by atoms with E-state index in [0.717, 1.165) is 0 Å². The molecule has 0 aliphatic heterocycles. The predicted octanol–water partition coefficient (Wildman–Crippen LogP) is 5.11. The first kappa shape index (κ1) is 76.9. The van der Waals surface area contributed by atoms with Gasteiger partial charge in [0.2, 0.25) is 23.8 Å². The highest BCUT2D eigenvalue weighted by molar-refractivity contribution is 5.90. The van der Waals surface area contributed by atoms with Gasteiger partial charge in [-0.05, 0) is 92.7 Å². The number of aliphatic carboxylic acids is 1. The van der Waals surface area contributed by atoms with E-state index < -0.39 is 129 Å².